The summed E-state index contributed by atoms with van der Waals surface area (Å²) in [5, 5.41) is 16.7. The number of aryl methyl sites for hydroxylation is 1. The van der Waals surface area contributed by atoms with E-state index in [-0.39, 0.29) is 36.6 Å². The molecule has 3 heterocycles. The molecular weight excluding hydrogens is 475 g/mol. The second-order valence-corrected chi connectivity index (χ2v) is 9.67. The fourth-order valence-electron chi connectivity index (χ4n) is 5.01. The molecule has 1 aliphatic heterocycles. The van der Waals surface area contributed by atoms with Crippen LogP contribution >= 0.6 is 0 Å². The molecule has 190 valence electrons. The van der Waals surface area contributed by atoms with E-state index in [4.69, 9.17) is 4.74 Å². The molecule has 0 unspecified atom stereocenters. The summed E-state index contributed by atoms with van der Waals surface area (Å²) in [6.07, 6.45) is 5.60. The summed E-state index contributed by atoms with van der Waals surface area (Å²) in [6.45, 7) is 0.607. The number of ether oxygens (including phenoxy) is 1. The molecule has 10 heteroatoms. The van der Waals surface area contributed by atoms with Crippen molar-refractivity contribution in [1.82, 2.24) is 14.8 Å². The highest BCUT2D eigenvalue weighted by atomic mass is 19.1. The Morgan fingerprint density at radius 2 is 2.08 bits per heavy atom. The van der Waals surface area contributed by atoms with Crippen molar-refractivity contribution in [2.75, 3.05) is 23.9 Å². The van der Waals surface area contributed by atoms with Gasteiger partial charge in [0.05, 0.1) is 31.0 Å². The third kappa shape index (κ3) is 4.95. The molecule has 2 aromatic heterocycles. The van der Waals surface area contributed by atoms with Gasteiger partial charge < -0.3 is 15.0 Å². The Morgan fingerprint density at radius 3 is 2.76 bits per heavy atom. The number of carbonyl (C=O) groups is 2. The molecule has 0 spiro atoms. The van der Waals surface area contributed by atoms with Gasteiger partial charge in [-0.15, -0.1) is 0 Å². The molecule has 1 saturated heterocycles. The van der Waals surface area contributed by atoms with Crippen LogP contribution in [0, 0.1) is 28.5 Å². The van der Waals surface area contributed by atoms with Gasteiger partial charge in [0.15, 0.2) is 0 Å². The van der Waals surface area contributed by atoms with Crippen LogP contribution in [0.25, 0.3) is 11.1 Å². The molecule has 9 nitrogen and oxygen atoms in total. The van der Waals surface area contributed by atoms with Crippen molar-refractivity contribution in [2.24, 2.45) is 18.4 Å². The number of pyridine rings is 1. The summed E-state index contributed by atoms with van der Waals surface area (Å²) >= 11 is 0. The molecule has 3 aromatic rings. The smallest absolute Gasteiger partial charge is 0.247 e. The first-order valence-electron chi connectivity index (χ1n) is 12.1. The predicted molar refractivity (Wildman–Crippen MR) is 134 cm³/mol. The third-order valence-electron chi connectivity index (χ3n) is 6.93. The monoisotopic (exact) mass is 502 g/mol. The zero-order valence-electron chi connectivity index (χ0n) is 20.7. The normalized spacial score (nSPS) is 19.2. The maximum Gasteiger partial charge on any atom is 0.247 e. The van der Waals surface area contributed by atoms with Gasteiger partial charge in [0.2, 0.25) is 11.8 Å². The van der Waals surface area contributed by atoms with Gasteiger partial charge in [0, 0.05) is 44.2 Å². The van der Waals surface area contributed by atoms with Gasteiger partial charge in [0.25, 0.3) is 0 Å². The van der Waals surface area contributed by atoms with Gasteiger partial charge in [-0.1, -0.05) is 6.07 Å². The fourth-order valence-corrected chi connectivity index (χ4v) is 5.01. The van der Waals surface area contributed by atoms with E-state index in [1.807, 2.05) is 0 Å². The SMILES string of the molecule is COCc1cc(N2CC[C@@](C#N)(C3CC3)C2=O)cc(NC(=O)Cc2cc(F)cc(-c3cnn(C)c3)c2)n1. The molecule has 1 aliphatic carbocycles. The van der Waals surface area contributed by atoms with Crippen molar-refractivity contribution in [2.45, 2.75) is 32.3 Å². The van der Waals surface area contributed by atoms with Gasteiger partial charge in [-0.05, 0) is 54.5 Å². The van der Waals surface area contributed by atoms with Crippen molar-refractivity contribution in [1.29, 1.82) is 5.26 Å². The number of halogens is 1. The summed E-state index contributed by atoms with van der Waals surface area (Å²) in [4.78, 5) is 32.3. The second kappa shape index (κ2) is 9.75. The second-order valence-electron chi connectivity index (χ2n) is 9.67. The Hall–Kier alpha value is -4.10. The maximum atomic E-state index is 14.3. The van der Waals surface area contributed by atoms with E-state index < -0.39 is 11.2 Å². The number of rotatable bonds is 8. The number of hydrogen-bond donors (Lipinski definition) is 1. The molecular formula is C27H27FN6O3. The molecule has 5 rings (SSSR count). The van der Waals surface area contributed by atoms with Crippen molar-refractivity contribution in [3.8, 4) is 17.2 Å². The molecule has 0 bridgehead atoms. The Balaban J connectivity index is 1.36. The molecule has 0 radical (unpaired) electrons. The molecule has 1 N–H and O–H groups in total. The van der Waals surface area contributed by atoms with Crippen LogP contribution in [0.4, 0.5) is 15.9 Å². The minimum atomic E-state index is -0.975. The van der Waals surface area contributed by atoms with Crippen LogP contribution < -0.4 is 10.2 Å². The number of anilines is 2. The minimum absolute atomic E-state index is 0.0710. The number of nitrogens with zero attached hydrogens (tertiary/aromatic N) is 5. The summed E-state index contributed by atoms with van der Waals surface area (Å²) in [5.74, 6) is -0.667. The minimum Gasteiger partial charge on any atom is -0.378 e. The van der Waals surface area contributed by atoms with E-state index in [1.165, 1.54) is 19.2 Å². The highest BCUT2D eigenvalue weighted by Crippen LogP contribution is 2.52. The molecule has 1 aromatic carbocycles. The Labute approximate surface area is 213 Å². The van der Waals surface area contributed by atoms with Crippen LogP contribution in [0.3, 0.4) is 0 Å². The zero-order chi connectivity index (χ0) is 26.2. The zero-order valence-corrected chi connectivity index (χ0v) is 20.7. The highest BCUT2D eigenvalue weighted by Gasteiger charge is 2.56. The van der Waals surface area contributed by atoms with Crippen molar-refractivity contribution in [3.05, 3.63) is 59.8 Å². The van der Waals surface area contributed by atoms with Crippen molar-refractivity contribution < 1.29 is 18.7 Å². The van der Waals surface area contributed by atoms with Crippen LogP contribution in [0.2, 0.25) is 0 Å². The molecule has 1 saturated carbocycles. The van der Waals surface area contributed by atoms with E-state index >= 15 is 0 Å². The number of benzene rings is 1. The van der Waals surface area contributed by atoms with E-state index in [1.54, 1.807) is 47.2 Å². The lowest BCUT2D eigenvalue weighted by Gasteiger charge is -2.22. The van der Waals surface area contributed by atoms with Gasteiger partial charge in [-0.2, -0.15) is 10.4 Å². The number of methoxy groups -OCH3 is 1. The first-order chi connectivity index (χ1) is 17.8. The lowest BCUT2D eigenvalue weighted by Crippen LogP contribution is -2.35. The van der Waals surface area contributed by atoms with Crippen LogP contribution in [0.15, 0.2) is 42.7 Å². The average Bonchev–Trinajstić information content (AvgIpc) is 3.52. The maximum absolute atomic E-state index is 14.3. The van der Waals surface area contributed by atoms with Crippen molar-refractivity contribution in [3.63, 3.8) is 0 Å². The molecule has 37 heavy (non-hydrogen) atoms. The topological polar surface area (TPSA) is 113 Å². The summed E-state index contributed by atoms with van der Waals surface area (Å²) in [5.41, 5.74) is 2.00. The number of carbonyl (C=O) groups excluding carboxylic acids is 2. The number of aromatic nitrogens is 3. The number of amides is 2. The van der Waals surface area contributed by atoms with Gasteiger partial charge in [-0.25, -0.2) is 9.37 Å². The van der Waals surface area contributed by atoms with Crippen LogP contribution in [-0.4, -0.2) is 40.2 Å². The lowest BCUT2D eigenvalue weighted by molar-refractivity contribution is -0.123. The number of nitrogens with one attached hydrogen (secondary N) is 1. The van der Waals surface area contributed by atoms with Crippen LogP contribution in [-0.2, 0) is 34.4 Å². The first-order valence-corrected chi connectivity index (χ1v) is 12.1. The highest BCUT2D eigenvalue weighted by molar-refractivity contribution is 6.02. The average molecular weight is 503 g/mol. The van der Waals surface area contributed by atoms with E-state index in [2.05, 4.69) is 21.5 Å². The largest absolute Gasteiger partial charge is 0.378 e. The molecule has 2 amide bonds. The van der Waals surface area contributed by atoms with Crippen LogP contribution in [0.1, 0.15) is 30.5 Å². The Bertz CT molecular complexity index is 1410. The van der Waals surface area contributed by atoms with E-state index in [0.717, 1.165) is 18.4 Å². The van der Waals surface area contributed by atoms with E-state index in [0.29, 0.717) is 35.5 Å². The van der Waals surface area contributed by atoms with Crippen LogP contribution in [0.5, 0.6) is 0 Å². The standard InChI is InChI=1S/C27H27FN6O3/c1-33-14-19(13-30-33)18-7-17(8-21(28)10-18)9-25(35)32-24-12-23(11-22(31-24)15-37-2)34-6-5-27(16-29,26(34)36)20-3-4-20/h7-8,10-14,20H,3-6,9,15H2,1-2H3,(H,31,32,35)/t27-/m1/s1. The van der Waals surface area contributed by atoms with Gasteiger partial charge in [-0.3, -0.25) is 14.3 Å². The molecule has 1 atom stereocenters. The molecule has 2 aliphatic rings. The summed E-state index contributed by atoms with van der Waals surface area (Å²) in [6, 6.07) is 10.1. The van der Waals surface area contributed by atoms with E-state index in [9.17, 15) is 19.2 Å². The quantitative estimate of drug-likeness (QED) is 0.504. The Kier molecular flexibility index (Phi) is 6.48. The van der Waals surface area contributed by atoms with Gasteiger partial charge >= 0.3 is 0 Å². The van der Waals surface area contributed by atoms with Crippen molar-refractivity contribution >= 4 is 23.3 Å². The fraction of sp³-hybridized carbons (Fsp3) is 0.370. The molecule has 2 fully saturated rings. The third-order valence-corrected chi connectivity index (χ3v) is 6.93. The Morgan fingerprint density at radius 1 is 1.27 bits per heavy atom. The lowest BCUT2D eigenvalue weighted by atomic mass is 9.83. The van der Waals surface area contributed by atoms with Gasteiger partial charge in [0.1, 0.15) is 17.1 Å². The summed E-state index contributed by atoms with van der Waals surface area (Å²) in [7, 11) is 3.31. The summed E-state index contributed by atoms with van der Waals surface area (Å²) < 4.78 is 21.2. The predicted octanol–water partition coefficient (Wildman–Crippen LogP) is 3.61. The number of hydrogen-bond acceptors (Lipinski definition) is 6. The number of nitriles is 1. The first kappa shape index (κ1) is 24.6.